The van der Waals surface area contributed by atoms with Gasteiger partial charge in [0.2, 0.25) is 0 Å². The normalized spacial score (nSPS) is 12.4. The number of nitrogens with zero attached hydrogens (tertiary/aromatic N) is 1. The number of rotatable bonds is 4. The van der Waals surface area contributed by atoms with E-state index in [1.54, 1.807) is 24.4 Å². The molecular weight excluding hydrogens is 217 g/mol. The Morgan fingerprint density at radius 2 is 1.88 bits per heavy atom. The van der Waals surface area contributed by atoms with Crippen molar-refractivity contribution in [2.75, 3.05) is 6.61 Å². The molecule has 1 N–H and O–H groups in total. The van der Waals surface area contributed by atoms with Crippen molar-refractivity contribution in [1.82, 2.24) is 4.98 Å². The third-order valence-electron chi connectivity index (χ3n) is 2.75. The minimum Gasteiger partial charge on any atom is -0.396 e. The van der Waals surface area contributed by atoms with Crippen molar-refractivity contribution in [3.05, 3.63) is 65.7 Å². The van der Waals surface area contributed by atoms with Gasteiger partial charge in [-0.15, -0.1) is 0 Å². The number of benzene rings is 1. The van der Waals surface area contributed by atoms with Gasteiger partial charge in [-0.1, -0.05) is 24.3 Å². The maximum absolute atomic E-state index is 13.6. The Balaban J connectivity index is 2.21. The van der Waals surface area contributed by atoms with E-state index in [2.05, 4.69) is 4.98 Å². The molecule has 0 aliphatic carbocycles. The van der Waals surface area contributed by atoms with Crippen LogP contribution in [0.15, 0.2) is 48.7 Å². The van der Waals surface area contributed by atoms with E-state index in [1.165, 1.54) is 6.07 Å². The van der Waals surface area contributed by atoms with Gasteiger partial charge >= 0.3 is 0 Å². The van der Waals surface area contributed by atoms with Crippen molar-refractivity contribution < 1.29 is 9.50 Å². The van der Waals surface area contributed by atoms with E-state index in [0.717, 1.165) is 5.69 Å². The lowest BCUT2D eigenvalue weighted by molar-refractivity contribution is 0.261. The van der Waals surface area contributed by atoms with Gasteiger partial charge in [0, 0.05) is 17.8 Å². The third-order valence-corrected chi connectivity index (χ3v) is 2.75. The van der Waals surface area contributed by atoms with Crippen LogP contribution in [0.1, 0.15) is 17.2 Å². The molecule has 1 aromatic carbocycles. The molecule has 1 aromatic heterocycles. The Bertz CT molecular complexity index is 473. The van der Waals surface area contributed by atoms with Gasteiger partial charge in [0.15, 0.2) is 0 Å². The summed E-state index contributed by atoms with van der Waals surface area (Å²) in [6.07, 6.45) is 2.24. The number of halogens is 1. The first-order valence-corrected chi connectivity index (χ1v) is 5.56. The summed E-state index contributed by atoms with van der Waals surface area (Å²) < 4.78 is 13.6. The zero-order valence-corrected chi connectivity index (χ0v) is 9.38. The maximum Gasteiger partial charge on any atom is 0.126 e. The first-order valence-electron chi connectivity index (χ1n) is 5.56. The molecule has 17 heavy (non-hydrogen) atoms. The van der Waals surface area contributed by atoms with Gasteiger partial charge in [-0.2, -0.15) is 0 Å². The third kappa shape index (κ3) is 2.88. The zero-order valence-electron chi connectivity index (χ0n) is 9.38. The monoisotopic (exact) mass is 231 g/mol. The van der Waals surface area contributed by atoms with Gasteiger partial charge in [0.05, 0.1) is 6.61 Å². The van der Waals surface area contributed by atoms with Crippen molar-refractivity contribution >= 4 is 0 Å². The van der Waals surface area contributed by atoms with Crippen molar-refractivity contribution in [3.8, 4) is 0 Å². The molecule has 0 amide bonds. The van der Waals surface area contributed by atoms with Crippen molar-refractivity contribution in [2.24, 2.45) is 0 Å². The first-order chi connectivity index (χ1) is 8.31. The van der Waals surface area contributed by atoms with E-state index in [0.29, 0.717) is 12.0 Å². The highest BCUT2D eigenvalue weighted by atomic mass is 19.1. The molecule has 0 fully saturated rings. The Labute approximate surface area is 99.8 Å². The molecule has 0 saturated carbocycles. The fourth-order valence-electron chi connectivity index (χ4n) is 1.85. The molecule has 1 unspecified atom stereocenters. The predicted octanol–water partition coefficient (Wildman–Crippen LogP) is 2.54. The average Bonchev–Trinajstić information content (AvgIpc) is 2.38. The second kappa shape index (κ2) is 5.55. The molecular formula is C14H14FNO. The molecule has 88 valence electrons. The van der Waals surface area contributed by atoms with Crippen LogP contribution in [0.25, 0.3) is 0 Å². The van der Waals surface area contributed by atoms with Crippen LogP contribution < -0.4 is 0 Å². The highest BCUT2D eigenvalue weighted by Gasteiger charge is 2.15. The fraction of sp³-hybridized carbons (Fsp3) is 0.214. The van der Waals surface area contributed by atoms with Gasteiger partial charge in [0.25, 0.3) is 0 Å². The van der Waals surface area contributed by atoms with E-state index >= 15 is 0 Å². The summed E-state index contributed by atoms with van der Waals surface area (Å²) >= 11 is 0. The summed E-state index contributed by atoms with van der Waals surface area (Å²) in [6, 6.07) is 12.1. The minimum atomic E-state index is -0.275. The van der Waals surface area contributed by atoms with E-state index in [1.807, 2.05) is 18.2 Å². The highest BCUT2D eigenvalue weighted by Crippen LogP contribution is 2.22. The SMILES string of the molecule is OCC(Cc1ccccn1)c1ccccc1F. The first kappa shape index (κ1) is 11.7. The van der Waals surface area contributed by atoms with E-state index in [9.17, 15) is 9.50 Å². The van der Waals surface area contributed by atoms with Crippen LogP contribution in [0.4, 0.5) is 4.39 Å². The molecule has 2 aromatic rings. The number of aliphatic hydroxyl groups excluding tert-OH is 1. The Morgan fingerprint density at radius 1 is 1.12 bits per heavy atom. The summed E-state index contributed by atoms with van der Waals surface area (Å²) in [5, 5.41) is 9.37. The lowest BCUT2D eigenvalue weighted by Gasteiger charge is -2.14. The largest absolute Gasteiger partial charge is 0.396 e. The maximum atomic E-state index is 13.6. The van der Waals surface area contributed by atoms with Crippen LogP contribution in [0.5, 0.6) is 0 Å². The Hall–Kier alpha value is -1.74. The quantitative estimate of drug-likeness (QED) is 0.877. The summed E-state index contributed by atoms with van der Waals surface area (Å²) in [4.78, 5) is 4.19. The highest BCUT2D eigenvalue weighted by molar-refractivity contribution is 5.23. The molecule has 0 radical (unpaired) electrons. The molecule has 0 aliphatic rings. The van der Waals surface area contributed by atoms with Gasteiger partial charge in [-0.05, 0) is 30.2 Å². The van der Waals surface area contributed by atoms with Crippen LogP contribution >= 0.6 is 0 Å². The second-order valence-corrected chi connectivity index (χ2v) is 3.93. The fourth-order valence-corrected chi connectivity index (χ4v) is 1.85. The standard InChI is InChI=1S/C14H14FNO/c15-14-7-2-1-6-13(14)11(10-17)9-12-5-3-4-8-16-12/h1-8,11,17H,9-10H2. The van der Waals surface area contributed by atoms with Crippen molar-refractivity contribution in [2.45, 2.75) is 12.3 Å². The van der Waals surface area contributed by atoms with Crippen LogP contribution in [-0.2, 0) is 6.42 Å². The summed E-state index contributed by atoms with van der Waals surface area (Å²) in [5.41, 5.74) is 1.40. The molecule has 0 saturated heterocycles. The molecule has 1 atom stereocenters. The van der Waals surface area contributed by atoms with Gasteiger partial charge in [-0.25, -0.2) is 4.39 Å². The number of pyridine rings is 1. The van der Waals surface area contributed by atoms with E-state index < -0.39 is 0 Å². The van der Waals surface area contributed by atoms with Crippen molar-refractivity contribution in [1.29, 1.82) is 0 Å². The van der Waals surface area contributed by atoms with Crippen LogP contribution in [0.2, 0.25) is 0 Å². The van der Waals surface area contributed by atoms with Gasteiger partial charge < -0.3 is 5.11 Å². The molecule has 2 nitrogen and oxygen atoms in total. The molecule has 0 aliphatic heterocycles. The topological polar surface area (TPSA) is 33.1 Å². The summed E-state index contributed by atoms with van der Waals surface area (Å²) in [7, 11) is 0. The molecule has 2 rings (SSSR count). The van der Waals surface area contributed by atoms with Crippen molar-refractivity contribution in [3.63, 3.8) is 0 Å². The lowest BCUT2D eigenvalue weighted by Crippen LogP contribution is -2.10. The smallest absolute Gasteiger partial charge is 0.126 e. The molecule has 0 spiro atoms. The van der Waals surface area contributed by atoms with Gasteiger partial charge in [-0.3, -0.25) is 4.98 Å². The Morgan fingerprint density at radius 3 is 2.53 bits per heavy atom. The van der Waals surface area contributed by atoms with Gasteiger partial charge in [0.1, 0.15) is 5.82 Å². The number of aliphatic hydroxyl groups is 1. The summed E-state index contributed by atoms with van der Waals surface area (Å²) in [6.45, 7) is -0.0858. The number of hydrogen-bond acceptors (Lipinski definition) is 2. The Kier molecular flexibility index (Phi) is 3.83. The molecule has 3 heteroatoms. The second-order valence-electron chi connectivity index (χ2n) is 3.93. The predicted molar refractivity (Wildman–Crippen MR) is 64.2 cm³/mol. The minimum absolute atomic E-state index is 0.0858. The average molecular weight is 231 g/mol. The van der Waals surface area contributed by atoms with Crippen LogP contribution in [0, 0.1) is 5.82 Å². The zero-order chi connectivity index (χ0) is 12.1. The number of aromatic nitrogens is 1. The summed E-state index contributed by atoms with van der Waals surface area (Å²) in [5.74, 6) is -0.520. The molecule has 1 heterocycles. The van der Waals surface area contributed by atoms with Crippen LogP contribution in [0.3, 0.4) is 0 Å². The van der Waals surface area contributed by atoms with Crippen LogP contribution in [-0.4, -0.2) is 16.7 Å². The van der Waals surface area contributed by atoms with E-state index in [4.69, 9.17) is 0 Å². The number of hydrogen-bond donors (Lipinski definition) is 1. The lowest BCUT2D eigenvalue weighted by atomic mass is 9.94. The molecule has 0 bridgehead atoms. The van der Waals surface area contributed by atoms with E-state index in [-0.39, 0.29) is 18.3 Å².